The average molecular weight is 278 g/mol. The van der Waals surface area contributed by atoms with Crippen LogP contribution in [0.5, 0.6) is 5.75 Å². The van der Waals surface area contributed by atoms with Crippen LogP contribution in [0.3, 0.4) is 0 Å². The molecule has 1 aromatic carbocycles. The fourth-order valence-corrected chi connectivity index (χ4v) is 2.11. The number of methoxy groups -OCH3 is 1. The molecule has 0 aliphatic carbocycles. The van der Waals surface area contributed by atoms with Crippen LogP contribution in [0.25, 0.3) is 11.0 Å². The molecule has 2 aromatic rings. The standard InChI is InChI=1S/C13H17N3O2.CH5N/c1-4-5-16-12-10(15-13(16)14-2)6-9(8-17)7-11(12)18-3;1-2/h6-8H,4-5H2,1-3H3,(H,14,15);2H2,1H3. The molecule has 3 N–H and O–H groups in total. The van der Waals surface area contributed by atoms with Crippen molar-refractivity contribution in [3.8, 4) is 5.75 Å². The van der Waals surface area contributed by atoms with Crippen LogP contribution in [0.2, 0.25) is 0 Å². The number of benzene rings is 1. The second kappa shape index (κ2) is 7.49. The Labute approximate surface area is 118 Å². The zero-order chi connectivity index (χ0) is 15.1. The first-order chi connectivity index (χ1) is 9.74. The quantitative estimate of drug-likeness (QED) is 0.816. The normalized spacial score (nSPS) is 9.85. The number of aryl methyl sites for hydroxylation is 1. The van der Waals surface area contributed by atoms with E-state index in [1.807, 2.05) is 7.05 Å². The topological polar surface area (TPSA) is 82.2 Å². The first-order valence-corrected chi connectivity index (χ1v) is 6.54. The number of carbonyl (C=O) groups excluding carboxylic acids is 1. The maximum absolute atomic E-state index is 10.9. The first-order valence-electron chi connectivity index (χ1n) is 6.54. The Hall–Kier alpha value is -2.08. The fourth-order valence-electron chi connectivity index (χ4n) is 2.11. The molecule has 0 aliphatic rings. The summed E-state index contributed by atoms with van der Waals surface area (Å²) in [5, 5.41) is 3.07. The number of aromatic nitrogens is 2. The van der Waals surface area contributed by atoms with Crippen LogP contribution in [0, 0.1) is 0 Å². The SMILES string of the molecule is CCCn1c(NC)nc2cc(C=O)cc(OC)c21.CN. The minimum atomic E-state index is 0.572. The Morgan fingerprint density at radius 2 is 2.15 bits per heavy atom. The summed E-state index contributed by atoms with van der Waals surface area (Å²) >= 11 is 0. The third kappa shape index (κ3) is 2.91. The maximum atomic E-state index is 10.9. The summed E-state index contributed by atoms with van der Waals surface area (Å²) in [5.41, 5.74) is 6.77. The maximum Gasteiger partial charge on any atom is 0.203 e. The second-order valence-corrected chi connectivity index (χ2v) is 4.05. The molecule has 110 valence electrons. The van der Waals surface area contributed by atoms with Gasteiger partial charge in [-0.1, -0.05) is 6.92 Å². The highest BCUT2D eigenvalue weighted by molar-refractivity contribution is 5.91. The minimum absolute atomic E-state index is 0.572. The van der Waals surface area contributed by atoms with Gasteiger partial charge in [-0.15, -0.1) is 0 Å². The van der Waals surface area contributed by atoms with Crippen molar-refractivity contribution in [3.63, 3.8) is 0 Å². The van der Waals surface area contributed by atoms with E-state index in [4.69, 9.17) is 4.74 Å². The molecule has 0 aliphatic heterocycles. The van der Waals surface area contributed by atoms with Gasteiger partial charge in [-0.2, -0.15) is 0 Å². The number of fused-ring (bicyclic) bond motifs is 1. The van der Waals surface area contributed by atoms with E-state index in [9.17, 15) is 4.79 Å². The highest BCUT2D eigenvalue weighted by Gasteiger charge is 2.14. The second-order valence-electron chi connectivity index (χ2n) is 4.05. The molecule has 0 amide bonds. The van der Waals surface area contributed by atoms with E-state index in [1.165, 1.54) is 7.05 Å². The van der Waals surface area contributed by atoms with Crippen LogP contribution in [-0.4, -0.2) is 37.0 Å². The van der Waals surface area contributed by atoms with Crippen molar-refractivity contribution in [2.45, 2.75) is 19.9 Å². The summed E-state index contributed by atoms with van der Waals surface area (Å²) in [4.78, 5) is 15.4. The molecule has 0 fully saturated rings. The van der Waals surface area contributed by atoms with Gasteiger partial charge in [0.25, 0.3) is 0 Å². The molecule has 2 rings (SSSR count). The lowest BCUT2D eigenvalue weighted by atomic mass is 10.2. The number of nitrogens with one attached hydrogen (secondary N) is 1. The van der Waals surface area contributed by atoms with Gasteiger partial charge in [0.05, 0.1) is 12.6 Å². The Balaban J connectivity index is 0.000000956. The van der Waals surface area contributed by atoms with Crippen molar-refractivity contribution in [3.05, 3.63) is 17.7 Å². The lowest BCUT2D eigenvalue weighted by molar-refractivity contribution is 0.112. The van der Waals surface area contributed by atoms with E-state index >= 15 is 0 Å². The van der Waals surface area contributed by atoms with Crippen molar-refractivity contribution in [1.82, 2.24) is 9.55 Å². The molecular weight excluding hydrogens is 256 g/mol. The Morgan fingerprint density at radius 3 is 2.65 bits per heavy atom. The van der Waals surface area contributed by atoms with E-state index in [1.54, 1.807) is 19.2 Å². The van der Waals surface area contributed by atoms with Gasteiger partial charge < -0.3 is 20.4 Å². The molecule has 20 heavy (non-hydrogen) atoms. The lowest BCUT2D eigenvalue weighted by Gasteiger charge is -2.09. The summed E-state index contributed by atoms with van der Waals surface area (Å²) in [6.07, 6.45) is 1.80. The molecular formula is C14H22N4O2. The number of anilines is 1. The summed E-state index contributed by atoms with van der Waals surface area (Å²) < 4.78 is 7.44. The number of ether oxygens (including phenoxy) is 1. The number of nitrogens with two attached hydrogens (primary N) is 1. The Kier molecular flexibility index (Phi) is 5.99. The third-order valence-corrected chi connectivity index (χ3v) is 2.86. The molecule has 0 saturated heterocycles. The number of nitrogens with zero attached hydrogens (tertiary/aromatic N) is 2. The number of hydrogen-bond acceptors (Lipinski definition) is 5. The molecule has 0 spiro atoms. The Bertz CT molecular complexity index is 578. The van der Waals surface area contributed by atoms with Crippen LogP contribution in [0.1, 0.15) is 23.7 Å². The predicted molar refractivity (Wildman–Crippen MR) is 81.6 cm³/mol. The molecule has 0 bridgehead atoms. The van der Waals surface area contributed by atoms with Crippen molar-refractivity contribution >= 4 is 23.3 Å². The van der Waals surface area contributed by atoms with Crippen LogP contribution < -0.4 is 15.8 Å². The lowest BCUT2D eigenvalue weighted by Crippen LogP contribution is -2.04. The minimum Gasteiger partial charge on any atom is -0.494 e. The van der Waals surface area contributed by atoms with E-state index in [0.29, 0.717) is 11.3 Å². The number of aldehydes is 1. The molecule has 0 radical (unpaired) electrons. The number of rotatable bonds is 5. The summed E-state index contributed by atoms with van der Waals surface area (Å²) in [5.74, 6) is 1.46. The van der Waals surface area contributed by atoms with Crippen molar-refractivity contribution < 1.29 is 9.53 Å². The van der Waals surface area contributed by atoms with E-state index < -0.39 is 0 Å². The highest BCUT2D eigenvalue weighted by Crippen LogP contribution is 2.30. The molecule has 6 nitrogen and oxygen atoms in total. The number of imidazole rings is 1. The van der Waals surface area contributed by atoms with Gasteiger partial charge in [0.15, 0.2) is 0 Å². The molecule has 1 heterocycles. The zero-order valence-corrected chi connectivity index (χ0v) is 12.4. The van der Waals surface area contributed by atoms with E-state index in [0.717, 1.165) is 36.2 Å². The summed E-state index contributed by atoms with van der Waals surface area (Å²) in [6, 6.07) is 3.51. The largest absolute Gasteiger partial charge is 0.494 e. The predicted octanol–water partition coefficient (Wildman–Crippen LogP) is 1.88. The van der Waals surface area contributed by atoms with Gasteiger partial charge in [-0.05, 0) is 25.6 Å². The van der Waals surface area contributed by atoms with Crippen LogP contribution in [0.15, 0.2) is 12.1 Å². The smallest absolute Gasteiger partial charge is 0.203 e. The fraction of sp³-hybridized carbons (Fsp3) is 0.429. The highest BCUT2D eigenvalue weighted by atomic mass is 16.5. The summed E-state index contributed by atoms with van der Waals surface area (Å²) in [7, 11) is 4.94. The van der Waals surface area contributed by atoms with Crippen molar-refractivity contribution in [2.24, 2.45) is 5.73 Å². The van der Waals surface area contributed by atoms with E-state index in [-0.39, 0.29) is 0 Å². The average Bonchev–Trinajstić information content (AvgIpc) is 2.86. The van der Waals surface area contributed by atoms with Gasteiger partial charge in [-0.3, -0.25) is 4.79 Å². The van der Waals surface area contributed by atoms with Gasteiger partial charge in [-0.25, -0.2) is 4.98 Å². The van der Waals surface area contributed by atoms with Crippen LogP contribution >= 0.6 is 0 Å². The van der Waals surface area contributed by atoms with Gasteiger partial charge >= 0.3 is 0 Å². The van der Waals surface area contributed by atoms with E-state index in [2.05, 4.69) is 27.5 Å². The van der Waals surface area contributed by atoms with Gasteiger partial charge in [0.1, 0.15) is 17.6 Å². The Morgan fingerprint density at radius 1 is 1.45 bits per heavy atom. The molecule has 0 unspecified atom stereocenters. The zero-order valence-electron chi connectivity index (χ0n) is 12.4. The number of carbonyl (C=O) groups is 1. The van der Waals surface area contributed by atoms with Gasteiger partial charge in [0.2, 0.25) is 5.95 Å². The third-order valence-electron chi connectivity index (χ3n) is 2.86. The number of hydrogen-bond donors (Lipinski definition) is 2. The van der Waals surface area contributed by atoms with Crippen molar-refractivity contribution in [1.29, 1.82) is 0 Å². The summed E-state index contributed by atoms with van der Waals surface area (Å²) in [6.45, 7) is 2.96. The molecule has 0 saturated carbocycles. The van der Waals surface area contributed by atoms with Crippen LogP contribution in [-0.2, 0) is 6.54 Å². The first kappa shape index (κ1) is 16.0. The monoisotopic (exact) mass is 278 g/mol. The molecule has 0 atom stereocenters. The molecule has 6 heteroatoms. The van der Waals surface area contributed by atoms with Gasteiger partial charge in [0, 0.05) is 19.2 Å². The van der Waals surface area contributed by atoms with Crippen molar-refractivity contribution in [2.75, 3.05) is 26.5 Å². The molecule has 1 aromatic heterocycles. The van der Waals surface area contributed by atoms with Crippen LogP contribution in [0.4, 0.5) is 5.95 Å².